The summed E-state index contributed by atoms with van der Waals surface area (Å²) in [5.41, 5.74) is 1.08. The molecule has 0 aliphatic rings. The highest BCUT2D eigenvalue weighted by Gasteiger charge is 2.33. The van der Waals surface area contributed by atoms with Crippen LogP contribution >= 0.6 is 0 Å². The molecule has 0 heterocycles. The van der Waals surface area contributed by atoms with Crippen LogP contribution in [-0.4, -0.2) is 5.91 Å². The minimum atomic E-state index is -4.53. The van der Waals surface area contributed by atoms with E-state index in [4.69, 9.17) is 0 Å². The fraction of sp³-hybridized carbons (Fsp3) is 0.0500. The maximum absolute atomic E-state index is 13.0. The summed E-state index contributed by atoms with van der Waals surface area (Å²) in [6.07, 6.45) is -4.53. The molecular weight excluding hydrogens is 327 g/mol. The van der Waals surface area contributed by atoms with Crippen LogP contribution in [0.15, 0.2) is 78.9 Å². The molecule has 0 aliphatic heterocycles. The molecule has 0 saturated carbocycles. The van der Waals surface area contributed by atoms with E-state index in [0.29, 0.717) is 0 Å². The monoisotopic (exact) mass is 341 g/mol. The van der Waals surface area contributed by atoms with Gasteiger partial charge in [-0.3, -0.25) is 4.79 Å². The van der Waals surface area contributed by atoms with E-state index in [-0.39, 0.29) is 11.3 Å². The van der Waals surface area contributed by atoms with Gasteiger partial charge in [0.1, 0.15) is 0 Å². The summed E-state index contributed by atoms with van der Waals surface area (Å²) >= 11 is 0. The largest absolute Gasteiger partial charge is 0.418 e. The van der Waals surface area contributed by atoms with Gasteiger partial charge in [0.25, 0.3) is 5.91 Å². The smallest absolute Gasteiger partial charge is 0.321 e. The lowest BCUT2D eigenvalue weighted by Gasteiger charge is -2.13. The lowest BCUT2D eigenvalue weighted by atomic mass is 10.0. The van der Waals surface area contributed by atoms with Gasteiger partial charge in [-0.05, 0) is 35.4 Å². The summed E-state index contributed by atoms with van der Waals surface area (Å²) in [5, 5.41) is 2.33. The molecule has 0 atom stereocenters. The molecule has 3 aromatic rings. The fourth-order valence-electron chi connectivity index (χ4n) is 2.48. The molecule has 3 aromatic carbocycles. The number of hydrogen-bond donors (Lipinski definition) is 1. The first-order chi connectivity index (χ1) is 11.9. The van der Waals surface area contributed by atoms with Gasteiger partial charge in [0.05, 0.1) is 11.3 Å². The molecule has 25 heavy (non-hydrogen) atoms. The molecule has 1 amide bonds. The number of alkyl halides is 3. The Morgan fingerprint density at radius 3 is 1.92 bits per heavy atom. The van der Waals surface area contributed by atoms with Crippen molar-refractivity contribution in [2.45, 2.75) is 6.18 Å². The molecule has 126 valence electrons. The van der Waals surface area contributed by atoms with Crippen molar-refractivity contribution in [2.75, 3.05) is 5.32 Å². The van der Waals surface area contributed by atoms with Gasteiger partial charge in [-0.25, -0.2) is 0 Å². The molecular formula is C20H14F3NO. The second kappa shape index (κ2) is 6.81. The van der Waals surface area contributed by atoms with E-state index in [9.17, 15) is 18.0 Å². The minimum absolute atomic E-state index is 0.257. The number of nitrogens with one attached hydrogen (secondary N) is 1. The molecule has 0 aromatic heterocycles. The molecule has 0 fully saturated rings. The van der Waals surface area contributed by atoms with Crippen LogP contribution in [0, 0.1) is 0 Å². The van der Waals surface area contributed by atoms with Crippen LogP contribution < -0.4 is 5.32 Å². The molecule has 0 bridgehead atoms. The highest BCUT2D eigenvalue weighted by atomic mass is 19.4. The summed E-state index contributed by atoms with van der Waals surface area (Å²) in [6, 6.07) is 21.2. The Bertz CT molecular complexity index is 871. The number of amides is 1. The summed E-state index contributed by atoms with van der Waals surface area (Å²) in [6.45, 7) is 0. The molecule has 0 spiro atoms. The van der Waals surface area contributed by atoms with E-state index < -0.39 is 17.6 Å². The molecule has 5 heteroatoms. The van der Waals surface area contributed by atoms with Crippen LogP contribution in [0.1, 0.15) is 15.9 Å². The van der Waals surface area contributed by atoms with Gasteiger partial charge in [0.2, 0.25) is 0 Å². The number of carbonyl (C=O) groups is 1. The zero-order chi connectivity index (χ0) is 17.9. The van der Waals surface area contributed by atoms with Gasteiger partial charge in [-0.15, -0.1) is 0 Å². The third-order valence-electron chi connectivity index (χ3n) is 3.73. The SMILES string of the molecule is O=C(Nc1ccccc1C(F)(F)F)c1ccc(-c2ccccc2)cc1. The van der Waals surface area contributed by atoms with E-state index in [1.165, 1.54) is 18.2 Å². The molecule has 0 unspecified atom stereocenters. The standard InChI is InChI=1S/C20H14F3NO/c21-20(22,23)17-8-4-5-9-18(17)24-19(25)16-12-10-15(11-13-16)14-6-2-1-3-7-14/h1-13H,(H,24,25). The normalized spacial score (nSPS) is 11.2. The van der Waals surface area contributed by atoms with E-state index in [0.717, 1.165) is 17.2 Å². The van der Waals surface area contributed by atoms with Crippen molar-refractivity contribution >= 4 is 11.6 Å². The predicted molar refractivity (Wildman–Crippen MR) is 91.3 cm³/mol. The first-order valence-electron chi connectivity index (χ1n) is 7.58. The molecule has 0 saturated heterocycles. The quantitative estimate of drug-likeness (QED) is 0.658. The number of anilines is 1. The zero-order valence-corrected chi connectivity index (χ0v) is 13.0. The van der Waals surface area contributed by atoms with Crippen molar-refractivity contribution in [3.63, 3.8) is 0 Å². The number of halogens is 3. The first kappa shape index (κ1) is 16.8. The van der Waals surface area contributed by atoms with E-state index >= 15 is 0 Å². The second-order valence-corrected chi connectivity index (χ2v) is 5.44. The Morgan fingerprint density at radius 2 is 1.28 bits per heavy atom. The van der Waals surface area contributed by atoms with Crippen LogP contribution in [0.5, 0.6) is 0 Å². The van der Waals surface area contributed by atoms with Crippen LogP contribution in [-0.2, 0) is 6.18 Å². The van der Waals surface area contributed by atoms with Gasteiger partial charge >= 0.3 is 6.18 Å². The highest BCUT2D eigenvalue weighted by Crippen LogP contribution is 2.34. The van der Waals surface area contributed by atoms with Crippen molar-refractivity contribution in [3.8, 4) is 11.1 Å². The first-order valence-corrected chi connectivity index (χ1v) is 7.58. The lowest BCUT2D eigenvalue weighted by Crippen LogP contribution is -2.16. The molecule has 0 radical (unpaired) electrons. The van der Waals surface area contributed by atoms with Crippen LogP contribution in [0.3, 0.4) is 0 Å². The Hall–Kier alpha value is -3.08. The average Bonchev–Trinajstić information content (AvgIpc) is 2.62. The van der Waals surface area contributed by atoms with Crippen molar-refractivity contribution in [2.24, 2.45) is 0 Å². The number of benzene rings is 3. The Morgan fingerprint density at radius 1 is 0.720 bits per heavy atom. The average molecular weight is 341 g/mol. The van der Waals surface area contributed by atoms with Crippen molar-refractivity contribution in [3.05, 3.63) is 90.0 Å². The van der Waals surface area contributed by atoms with Crippen molar-refractivity contribution in [1.29, 1.82) is 0 Å². The maximum Gasteiger partial charge on any atom is 0.418 e. The van der Waals surface area contributed by atoms with Gasteiger partial charge in [0.15, 0.2) is 0 Å². The van der Waals surface area contributed by atoms with Gasteiger partial charge < -0.3 is 5.32 Å². The fourth-order valence-corrected chi connectivity index (χ4v) is 2.48. The van der Waals surface area contributed by atoms with Crippen LogP contribution in [0.2, 0.25) is 0 Å². The number of para-hydroxylation sites is 1. The summed E-state index contributed by atoms with van der Waals surface area (Å²) in [5.74, 6) is -0.587. The van der Waals surface area contributed by atoms with Gasteiger partial charge in [0, 0.05) is 5.56 Å². The van der Waals surface area contributed by atoms with E-state index in [1.54, 1.807) is 24.3 Å². The minimum Gasteiger partial charge on any atom is -0.321 e. The van der Waals surface area contributed by atoms with Crippen molar-refractivity contribution in [1.82, 2.24) is 0 Å². The van der Waals surface area contributed by atoms with Crippen LogP contribution in [0.25, 0.3) is 11.1 Å². The lowest BCUT2D eigenvalue weighted by molar-refractivity contribution is -0.136. The van der Waals surface area contributed by atoms with Crippen molar-refractivity contribution < 1.29 is 18.0 Å². The number of hydrogen-bond acceptors (Lipinski definition) is 1. The molecule has 2 nitrogen and oxygen atoms in total. The summed E-state index contributed by atoms with van der Waals surface area (Å²) in [4.78, 5) is 12.3. The maximum atomic E-state index is 13.0. The Balaban J connectivity index is 1.81. The summed E-state index contributed by atoms with van der Waals surface area (Å²) < 4.78 is 39.0. The number of carbonyl (C=O) groups excluding carboxylic acids is 1. The molecule has 1 N–H and O–H groups in total. The summed E-state index contributed by atoms with van der Waals surface area (Å²) in [7, 11) is 0. The van der Waals surface area contributed by atoms with Gasteiger partial charge in [-0.1, -0.05) is 54.6 Å². The zero-order valence-electron chi connectivity index (χ0n) is 13.0. The third kappa shape index (κ3) is 3.88. The predicted octanol–water partition coefficient (Wildman–Crippen LogP) is 5.62. The molecule has 0 aliphatic carbocycles. The Kier molecular flexibility index (Phi) is 4.57. The topological polar surface area (TPSA) is 29.1 Å². The molecule has 3 rings (SSSR count). The third-order valence-corrected chi connectivity index (χ3v) is 3.73. The van der Waals surface area contributed by atoms with Crippen LogP contribution in [0.4, 0.5) is 18.9 Å². The number of rotatable bonds is 3. The van der Waals surface area contributed by atoms with E-state index in [1.807, 2.05) is 30.3 Å². The van der Waals surface area contributed by atoms with Gasteiger partial charge in [-0.2, -0.15) is 13.2 Å². The van der Waals surface area contributed by atoms with E-state index in [2.05, 4.69) is 5.32 Å². The Labute approximate surface area is 142 Å². The highest BCUT2D eigenvalue weighted by molar-refractivity contribution is 6.04. The second-order valence-electron chi connectivity index (χ2n) is 5.44.